The van der Waals surface area contributed by atoms with E-state index in [1.165, 1.54) is 12.1 Å². The largest absolute Gasteiger partial charge is 0.507 e. The van der Waals surface area contributed by atoms with Crippen molar-refractivity contribution < 1.29 is 14.6 Å². The van der Waals surface area contributed by atoms with E-state index in [9.17, 15) is 9.90 Å². The van der Waals surface area contributed by atoms with Crippen LogP contribution in [-0.2, 0) is 0 Å². The number of halogens is 1. The summed E-state index contributed by atoms with van der Waals surface area (Å²) in [5.74, 6) is 0.382. The molecular formula is C16H13BrO3. The zero-order valence-electron chi connectivity index (χ0n) is 10.8. The monoisotopic (exact) mass is 332 g/mol. The van der Waals surface area contributed by atoms with Crippen molar-refractivity contribution in [3.63, 3.8) is 0 Å². The highest BCUT2D eigenvalue weighted by atomic mass is 79.9. The average Bonchev–Trinajstić information content (AvgIpc) is 2.47. The number of hydrogen-bond acceptors (Lipinski definition) is 3. The first-order chi connectivity index (χ1) is 9.61. The number of aromatic hydroxyl groups is 1. The number of phenols is 1. The van der Waals surface area contributed by atoms with E-state index in [1.54, 1.807) is 25.3 Å². The number of benzene rings is 2. The van der Waals surface area contributed by atoms with Gasteiger partial charge >= 0.3 is 0 Å². The predicted molar refractivity (Wildman–Crippen MR) is 82.2 cm³/mol. The van der Waals surface area contributed by atoms with Crippen LogP contribution in [0.25, 0.3) is 6.08 Å². The van der Waals surface area contributed by atoms with Gasteiger partial charge in [-0.2, -0.15) is 0 Å². The molecule has 0 fully saturated rings. The molecule has 0 aliphatic rings. The Labute approximate surface area is 125 Å². The molecule has 102 valence electrons. The molecule has 2 aromatic rings. The number of methoxy groups -OCH3 is 1. The highest BCUT2D eigenvalue weighted by molar-refractivity contribution is 9.10. The Kier molecular flexibility index (Phi) is 4.58. The van der Waals surface area contributed by atoms with E-state index in [0.29, 0.717) is 5.75 Å². The van der Waals surface area contributed by atoms with Gasteiger partial charge in [0, 0.05) is 10.0 Å². The Morgan fingerprint density at radius 2 is 2.00 bits per heavy atom. The highest BCUT2D eigenvalue weighted by Crippen LogP contribution is 2.24. The molecule has 0 bridgehead atoms. The molecule has 0 atom stereocenters. The number of allylic oxidation sites excluding steroid dienone is 1. The molecule has 2 aromatic carbocycles. The molecule has 0 unspecified atom stereocenters. The maximum atomic E-state index is 12.1. The molecule has 0 radical (unpaired) electrons. The zero-order valence-corrected chi connectivity index (χ0v) is 12.4. The first-order valence-electron chi connectivity index (χ1n) is 5.96. The van der Waals surface area contributed by atoms with Crippen LogP contribution in [0.3, 0.4) is 0 Å². The van der Waals surface area contributed by atoms with Crippen molar-refractivity contribution >= 4 is 27.8 Å². The van der Waals surface area contributed by atoms with E-state index in [4.69, 9.17) is 4.74 Å². The second-order valence-electron chi connectivity index (χ2n) is 4.10. The van der Waals surface area contributed by atoms with Gasteiger partial charge in [0.1, 0.15) is 11.5 Å². The van der Waals surface area contributed by atoms with Crippen LogP contribution in [0.1, 0.15) is 15.9 Å². The number of para-hydroxylation sites is 1. The van der Waals surface area contributed by atoms with Crippen LogP contribution < -0.4 is 4.74 Å². The zero-order chi connectivity index (χ0) is 14.5. The minimum atomic E-state index is -0.269. The van der Waals surface area contributed by atoms with Crippen LogP contribution in [0, 0.1) is 0 Å². The topological polar surface area (TPSA) is 46.5 Å². The molecule has 3 nitrogen and oxygen atoms in total. The number of ketones is 1. The Morgan fingerprint density at radius 3 is 2.75 bits per heavy atom. The number of rotatable bonds is 4. The average molecular weight is 333 g/mol. The maximum Gasteiger partial charge on any atom is 0.189 e. The molecule has 0 aliphatic carbocycles. The fourth-order valence-corrected chi connectivity index (χ4v) is 2.13. The number of carbonyl (C=O) groups is 1. The van der Waals surface area contributed by atoms with E-state index < -0.39 is 0 Å². The van der Waals surface area contributed by atoms with Gasteiger partial charge in [-0.25, -0.2) is 0 Å². The normalized spacial score (nSPS) is 10.7. The van der Waals surface area contributed by atoms with Crippen LogP contribution in [0.15, 0.2) is 53.0 Å². The standard InChI is InChI=1S/C16H13BrO3/c1-20-16-5-3-2-4-11(16)6-8-14(18)13-10-12(17)7-9-15(13)19/h2-10,19H,1H3/b8-6+. The van der Waals surface area contributed by atoms with E-state index in [1.807, 2.05) is 24.3 Å². The molecular weight excluding hydrogens is 320 g/mol. The van der Waals surface area contributed by atoms with Crippen LogP contribution in [0.2, 0.25) is 0 Å². The summed E-state index contributed by atoms with van der Waals surface area (Å²) in [7, 11) is 1.58. The minimum absolute atomic E-state index is 0.0390. The van der Waals surface area contributed by atoms with Gasteiger partial charge in [0.05, 0.1) is 12.7 Å². The summed E-state index contributed by atoms with van der Waals surface area (Å²) in [6.07, 6.45) is 3.08. The van der Waals surface area contributed by atoms with Crippen molar-refractivity contribution in [3.05, 3.63) is 64.1 Å². The molecule has 2 rings (SSSR count). The van der Waals surface area contributed by atoms with Crippen LogP contribution in [0.5, 0.6) is 11.5 Å². The van der Waals surface area contributed by atoms with Crippen molar-refractivity contribution in [2.75, 3.05) is 7.11 Å². The second kappa shape index (κ2) is 6.39. The third-order valence-corrected chi connectivity index (χ3v) is 3.27. The Morgan fingerprint density at radius 1 is 1.25 bits per heavy atom. The lowest BCUT2D eigenvalue weighted by Gasteiger charge is -2.04. The van der Waals surface area contributed by atoms with Crippen LogP contribution in [0.4, 0.5) is 0 Å². The highest BCUT2D eigenvalue weighted by Gasteiger charge is 2.09. The fraction of sp³-hybridized carbons (Fsp3) is 0.0625. The van der Waals surface area contributed by atoms with Gasteiger partial charge in [-0.05, 0) is 36.4 Å². The summed E-state index contributed by atoms with van der Waals surface area (Å²) >= 11 is 3.28. The summed E-state index contributed by atoms with van der Waals surface area (Å²) in [5, 5.41) is 9.70. The summed E-state index contributed by atoms with van der Waals surface area (Å²) in [5.41, 5.74) is 1.06. The smallest absolute Gasteiger partial charge is 0.189 e. The van der Waals surface area contributed by atoms with Gasteiger partial charge in [-0.3, -0.25) is 4.79 Å². The molecule has 0 amide bonds. The third kappa shape index (κ3) is 3.27. The van der Waals surface area contributed by atoms with Crippen LogP contribution in [-0.4, -0.2) is 18.0 Å². The number of phenolic OH excluding ortho intramolecular Hbond substituents is 1. The Balaban J connectivity index is 2.27. The van der Waals surface area contributed by atoms with Crippen molar-refractivity contribution in [1.29, 1.82) is 0 Å². The van der Waals surface area contributed by atoms with Gasteiger partial charge in [0.25, 0.3) is 0 Å². The van der Waals surface area contributed by atoms with Gasteiger partial charge in [-0.1, -0.05) is 34.1 Å². The number of hydrogen-bond donors (Lipinski definition) is 1. The summed E-state index contributed by atoms with van der Waals surface area (Å²) in [6, 6.07) is 12.1. The van der Waals surface area contributed by atoms with Crippen molar-refractivity contribution in [3.8, 4) is 11.5 Å². The predicted octanol–water partition coefficient (Wildman–Crippen LogP) is 4.06. The summed E-state index contributed by atoms with van der Waals surface area (Å²) in [6.45, 7) is 0. The lowest BCUT2D eigenvalue weighted by molar-refractivity contribution is 0.104. The molecule has 0 aliphatic heterocycles. The number of ether oxygens (including phenoxy) is 1. The van der Waals surface area contributed by atoms with Crippen LogP contribution >= 0.6 is 15.9 Å². The third-order valence-electron chi connectivity index (χ3n) is 2.78. The van der Waals surface area contributed by atoms with E-state index in [-0.39, 0.29) is 17.1 Å². The molecule has 1 N–H and O–H groups in total. The molecule has 0 saturated carbocycles. The first-order valence-corrected chi connectivity index (χ1v) is 6.75. The summed E-state index contributed by atoms with van der Waals surface area (Å²) < 4.78 is 5.95. The van der Waals surface area contributed by atoms with Crippen molar-refractivity contribution in [1.82, 2.24) is 0 Å². The Hall–Kier alpha value is -2.07. The van der Waals surface area contributed by atoms with Gasteiger partial charge < -0.3 is 9.84 Å². The van der Waals surface area contributed by atoms with Crippen molar-refractivity contribution in [2.45, 2.75) is 0 Å². The lowest BCUT2D eigenvalue weighted by Crippen LogP contribution is -1.95. The van der Waals surface area contributed by atoms with E-state index in [0.717, 1.165) is 10.0 Å². The molecule has 0 spiro atoms. The minimum Gasteiger partial charge on any atom is -0.507 e. The molecule has 20 heavy (non-hydrogen) atoms. The fourth-order valence-electron chi connectivity index (χ4n) is 1.76. The second-order valence-corrected chi connectivity index (χ2v) is 5.02. The van der Waals surface area contributed by atoms with Gasteiger partial charge in [0.2, 0.25) is 0 Å². The first kappa shape index (κ1) is 14.3. The molecule has 0 saturated heterocycles. The summed E-state index contributed by atoms with van der Waals surface area (Å²) in [4.78, 5) is 12.1. The van der Waals surface area contributed by atoms with E-state index >= 15 is 0 Å². The molecule has 0 aromatic heterocycles. The molecule has 4 heteroatoms. The molecule has 0 heterocycles. The van der Waals surface area contributed by atoms with E-state index in [2.05, 4.69) is 15.9 Å². The lowest BCUT2D eigenvalue weighted by atomic mass is 10.1. The van der Waals surface area contributed by atoms with Gasteiger partial charge in [-0.15, -0.1) is 0 Å². The Bertz CT molecular complexity index is 663. The van der Waals surface area contributed by atoms with Gasteiger partial charge in [0.15, 0.2) is 5.78 Å². The number of carbonyl (C=O) groups excluding carboxylic acids is 1. The maximum absolute atomic E-state index is 12.1. The quantitative estimate of drug-likeness (QED) is 0.678. The van der Waals surface area contributed by atoms with Crippen molar-refractivity contribution in [2.24, 2.45) is 0 Å². The SMILES string of the molecule is COc1ccccc1/C=C/C(=O)c1cc(Br)ccc1O.